The number of carbonyl (C=O) groups is 2. The van der Waals surface area contributed by atoms with E-state index in [1.807, 2.05) is 24.4 Å². The third kappa shape index (κ3) is 3.89. The van der Waals surface area contributed by atoms with E-state index in [0.717, 1.165) is 16.3 Å². The van der Waals surface area contributed by atoms with Crippen molar-refractivity contribution in [3.05, 3.63) is 34.7 Å². The van der Waals surface area contributed by atoms with Crippen LogP contribution in [-0.2, 0) is 9.59 Å². The number of thiazole rings is 1. The van der Waals surface area contributed by atoms with Crippen LogP contribution in [0.1, 0.15) is 17.8 Å². The van der Waals surface area contributed by atoms with Crippen LogP contribution in [0.2, 0.25) is 0 Å². The first-order valence-corrected chi connectivity index (χ1v) is 6.95. The van der Waals surface area contributed by atoms with E-state index in [2.05, 4.69) is 10.3 Å². The van der Waals surface area contributed by atoms with Gasteiger partial charge in [-0.05, 0) is 25.5 Å². The van der Waals surface area contributed by atoms with Crippen LogP contribution in [0.15, 0.2) is 29.6 Å². The maximum atomic E-state index is 11.5. The first-order chi connectivity index (χ1) is 9.54. The number of carboxylic acids is 1. The number of aryl methyl sites for hydroxylation is 1. The minimum Gasteiger partial charge on any atom is -0.550 e. The maximum Gasteiger partial charge on any atom is 0.224 e. The van der Waals surface area contributed by atoms with Gasteiger partial charge in [-0.25, -0.2) is 4.98 Å². The van der Waals surface area contributed by atoms with Crippen molar-refractivity contribution in [1.29, 1.82) is 0 Å². The molecule has 2 aromatic rings. The molecule has 0 aliphatic carbocycles. The standard InChI is InChI=1S/C14H14N2O3S/c1-9-15-12(8-20-9)10-2-4-11(5-3-10)16-13(17)6-7-14(18)19/h2-5,8H,6-7H2,1H3,(H,16,17)(H,18,19)/p-1. The molecule has 0 spiro atoms. The normalized spacial score (nSPS) is 10.2. The Morgan fingerprint density at radius 3 is 2.50 bits per heavy atom. The van der Waals surface area contributed by atoms with Crippen molar-refractivity contribution >= 4 is 28.9 Å². The first-order valence-electron chi connectivity index (χ1n) is 6.07. The summed E-state index contributed by atoms with van der Waals surface area (Å²) >= 11 is 1.58. The fourth-order valence-corrected chi connectivity index (χ4v) is 2.28. The molecule has 1 amide bonds. The van der Waals surface area contributed by atoms with Crippen LogP contribution < -0.4 is 10.4 Å². The van der Waals surface area contributed by atoms with E-state index in [1.165, 1.54) is 0 Å². The van der Waals surface area contributed by atoms with Gasteiger partial charge in [0.25, 0.3) is 0 Å². The van der Waals surface area contributed by atoms with Gasteiger partial charge in [0.2, 0.25) is 5.91 Å². The Kier molecular flexibility index (Phi) is 4.47. The van der Waals surface area contributed by atoms with Gasteiger partial charge in [0, 0.05) is 29.0 Å². The topological polar surface area (TPSA) is 82.1 Å². The van der Waals surface area contributed by atoms with Crippen molar-refractivity contribution in [1.82, 2.24) is 4.98 Å². The molecular formula is C14H13N2O3S-. The van der Waals surface area contributed by atoms with Crippen LogP contribution in [0.4, 0.5) is 5.69 Å². The summed E-state index contributed by atoms with van der Waals surface area (Å²) in [7, 11) is 0. The molecule has 0 bridgehead atoms. The predicted molar refractivity (Wildman–Crippen MR) is 75.2 cm³/mol. The Hall–Kier alpha value is -2.21. The summed E-state index contributed by atoms with van der Waals surface area (Å²) in [4.78, 5) is 26.1. The van der Waals surface area contributed by atoms with Gasteiger partial charge in [-0.15, -0.1) is 11.3 Å². The summed E-state index contributed by atoms with van der Waals surface area (Å²) < 4.78 is 0. The average Bonchev–Trinajstić information content (AvgIpc) is 2.84. The number of amides is 1. The monoisotopic (exact) mass is 289 g/mol. The lowest BCUT2D eigenvalue weighted by Gasteiger charge is -2.06. The Balaban J connectivity index is 1.98. The summed E-state index contributed by atoms with van der Waals surface area (Å²) in [5.41, 5.74) is 2.51. The van der Waals surface area contributed by atoms with E-state index in [9.17, 15) is 14.7 Å². The number of benzene rings is 1. The molecule has 1 aromatic heterocycles. The minimum atomic E-state index is -1.23. The average molecular weight is 289 g/mol. The van der Waals surface area contributed by atoms with E-state index in [4.69, 9.17) is 0 Å². The van der Waals surface area contributed by atoms with Crippen LogP contribution in [0.3, 0.4) is 0 Å². The van der Waals surface area contributed by atoms with Crippen LogP contribution in [-0.4, -0.2) is 16.9 Å². The second-order valence-corrected chi connectivity index (χ2v) is 5.31. The number of rotatable bonds is 5. The molecule has 0 fully saturated rings. The maximum absolute atomic E-state index is 11.5. The first kappa shape index (κ1) is 14.2. The van der Waals surface area contributed by atoms with Gasteiger partial charge in [0.15, 0.2) is 0 Å². The number of carbonyl (C=O) groups excluding carboxylic acids is 2. The fraction of sp³-hybridized carbons (Fsp3) is 0.214. The molecule has 0 unspecified atom stereocenters. The van der Waals surface area contributed by atoms with E-state index in [0.29, 0.717) is 5.69 Å². The highest BCUT2D eigenvalue weighted by Crippen LogP contribution is 2.23. The smallest absolute Gasteiger partial charge is 0.224 e. The predicted octanol–water partition coefficient (Wildman–Crippen LogP) is 1.59. The van der Waals surface area contributed by atoms with Gasteiger partial charge >= 0.3 is 0 Å². The number of carboxylic acid groups (broad SMARTS) is 1. The van der Waals surface area contributed by atoms with Crippen molar-refractivity contribution in [3.8, 4) is 11.3 Å². The number of anilines is 1. The Morgan fingerprint density at radius 2 is 1.95 bits per heavy atom. The van der Waals surface area contributed by atoms with Gasteiger partial charge in [-0.1, -0.05) is 12.1 Å². The zero-order valence-electron chi connectivity index (χ0n) is 10.9. The van der Waals surface area contributed by atoms with Gasteiger partial charge in [-0.3, -0.25) is 4.79 Å². The van der Waals surface area contributed by atoms with E-state index >= 15 is 0 Å². The number of hydrogen-bond donors (Lipinski definition) is 1. The Bertz CT molecular complexity index is 620. The minimum absolute atomic E-state index is 0.0879. The molecule has 0 radical (unpaired) electrons. The number of aromatic nitrogens is 1. The summed E-state index contributed by atoms with van der Waals surface area (Å²) in [5, 5.41) is 15.9. The van der Waals surface area contributed by atoms with Gasteiger partial charge in [0.05, 0.1) is 10.7 Å². The van der Waals surface area contributed by atoms with Crippen LogP contribution >= 0.6 is 11.3 Å². The zero-order chi connectivity index (χ0) is 14.5. The molecule has 20 heavy (non-hydrogen) atoms. The molecule has 1 heterocycles. The largest absolute Gasteiger partial charge is 0.550 e. The van der Waals surface area contributed by atoms with Crippen molar-refractivity contribution in [3.63, 3.8) is 0 Å². The summed E-state index contributed by atoms with van der Waals surface area (Å²) in [6, 6.07) is 7.26. The lowest BCUT2D eigenvalue weighted by Crippen LogP contribution is -2.24. The Labute approximate surface area is 120 Å². The zero-order valence-corrected chi connectivity index (χ0v) is 11.7. The molecule has 0 aliphatic heterocycles. The van der Waals surface area contributed by atoms with Crippen molar-refractivity contribution < 1.29 is 14.7 Å². The van der Waals surface area contributed by atoms with Gasteiger partial charge in [-0.2, -0.15) is 0 Å². The highest BCUT2D eigenvalue weighted by molar-refractivity contribution is 7.09. The second-order valence-electron chi connectivity index (χ2n) is 4.25. The summed E-state index contributed by atoms with van der Waals surface area (Å²) in [6.07, 6.45) is -0.364. The second kappa shape index (κ2) is 6.29. The van der Waals surface area contributed by atoms with Crippen molar-refractivity contribution in [2.24, 2.45) is 0 Å². The molecule has 0 atom stereocenters. The molecule has 0 aliphatic rings. The van der Waals surface area contributed by atoms with Crippen molar-refractivity contribution in [2.75, 3.05) is 5.32 Å². The summed E-state index contributed by atoms with van der Waals surface area (Å²) in [6.45, 7) is 1.94. The number of aliphatic carboxylic acids is 1. The molecule has 5 nitrogen and oxygen atoms in total. The molecule has 0 saturated heterocycles. The van der Waals surface area contributed by atoms with Crippen LogP contribution in [0.25, 0.3) is 11.3 Å². The fourth-order valence-electron chi connectivity index (χ4n) is 1.66. The van der Waals surface area contributed by atoms with Gasteiger partial charge < -0.3 is 15.2 Å². The molecule has 104 valence electrons. The lowest BCUT2D eigenvalue weighted by atomic mass is 10.1. The molecule has 2 rings (SSSR count). The molecular weight excluding hydrogens is 276 g/mol. The summed E-state index contributed by atoms with van der Waals surface area (Å²) in [5.74, 6) is -1.57. The lowest BCUT2D eigenvalue weighted by molar-refractivity contribution is -0.305. The molecule has 0 saturated carbocycles. The highest BCUT2D eigenvalue weighted by atomic mass is 32.1. The number of nitrogens with zero attached hydrogens (tertiary/aromatic N) is 1. The molecule has 1 aromatic carbocycles. The molecule has 6 heteroatoms. The van der Waals surface area contributed by atoms with Crippen LogP contribution in [0.5, 0.6) is 0 Å². The third-order valence-electron chi connectivity index (χ3n) is 2.64. The van der Waals surface area contributed by atoms with E-state index in [-0.39, 0.29) is 18.7 Å². The SMILES string of the molecule is Cc1nc(-c2ccc(NC(=O)CCC(=O)[O-])cc2)cs1. The van der Waals surface area contributed by atoms with Gasteiger partial charge in [0.1, 0.15) is 0 Å². The van der Waals surface area contributed by atoms with Crippen molar-refractivity contribution in [2.45, 2.75) is 19.8 Å². The van der Waals surface area contributed by atoms with E-state index < -0.39 is 5.97 Å². The van der Waals surface area contributed by atoms with Crippen LogP contribution in [0, 0.1) is 6.92 Å². The highest BCUT2D eigenvalue weighted by Gasteiger charge is 2.04. The quantitative estimate of drug-likeness (QED) is 0.906. The number of nitrogens with one attached hydrogen (secondary N) is 1. The number of hydrogen-bond acceptors (Lipinski definition) is 5. The Morgan fingerprint density at radius 1 is 1.25 bits per heavy atom. The molecule has 1 N–H and O–H groups in total. The third-order valence-corrected chi connectivity index (χ3v) is 3.41. The van der Waals surface area contributed by atoms with E-state index in [1.54, 1.807) is 23.5 Å².